The molecule has 0 saturated carbocycles. The Balaban J connectivity index is 1.65. The van der Waals surface area contributed by atoms with Gasteiger partial charge in [-0.2, -0.15) is 0 Å². The van der Waals surface area contributed by atoms with Crippen molar-refractivity contribution < 1.29 is 23.5 Å². The third kappa shape index (κ3) is 7.72. The first-order valence-electron chi connectivity index (χ1n) is 10.2. The zero-order valence-electron chi connectivity index (χ0n) is 18.4. The molecule has 3 aromatic carbocycles. The van der Waals surface area contributed by atoms with Crippen LogP contribution >= 0.6 is 39.7 Å². The van der Waals surface area contributed by atoms with Gasteiger partial charge in [-0.05, 0) is 66.8 Å². The number of ether oxygens (including phenoxy) is 2. The van der Waals surface area contributed by atoms with Crippen LogP contribution in [0.15, 0.2) is 65.1 Å². The third-order valence-electron chi connectivity index (χ3n) is 4.52. The number of amides is 2. The second-order valence-electron chi connectivity index (χ2n) is 7.05. The van der Waals surface area contributed by atoms with Gasteiger partial charge in [-0.15, -0.1) is 0 Å². The van der Waals surface area contributed by atoms with Gasteiger partial charge in [0, 0.05) is 28.5 Å². The molecule has 0 heterocycles. The molecule has 0 fully saturated rings. The smallest absolute Gasteiger partial charge is 0.261 e. The van der Waals surface area contributed by atoms with Gasteiger partial charge in [0.15, 0.2) is 5.11 Å². The van der Waals surface area contributed by atoms with Gasteiger partial charge in [0.1, 0.15) is 18.2 Å². The van der Waals surface area contributed by atoms with E-state index in [4.69, 9.17) is 33.3 Å². The lowest BCUT2D eigenvalue weighted by Gasteiger charge is -2.14. The van der Waals surface area contributed by atoms with Gasteiger partial charge in [-0.1, -0.05) is 33.6 Å². The van der Waals surface area contributed by atoms with E-state index in [-0.39, 0.29) is 22.3 Å². The van der Waals surface area contributed by atoms with Gasteiger partial charge in [0.25, 0.3) is 11.8 Å². The highest BCUT2D eigenvalue weighted by atomic mass is 79.9. The molecule has 0 unspecified atom stereocenters. The first-order chi connectivity index (χ1) is 16.8. The highest BCUT2D eigenvalue weighted by Crippen LogP contribution is 2.24. The number of anilines is 2. The number of methoxy groups -OCH3 is 1. The highest BCUT2D eigenvalue weighted by molar-refractivity contribution is 9.10. The number of hydrogen-bond donors (Lipinski definition) is 3. The van der Waals surface area contributed by atoms with Crippen molar-refractivity contribution in [1.29, 1.82) is 0 Å². The molecular weight excluding hydrogens is 561 g/mol. The van der Waals surface area contributed by atoms with Crippen molar-refractivity contribution >= 4 is 68.1 Å². The maximum atomic E-state index is 13.3. The zero-order valence-corrected chi connectivity index (χ0v) is 21.5. The van der Waals surface area contributed by atoms with Crippen LogP contribution < -0.4 is 20.7 Å². The number of hydrogen-bond acceptors (Lipinski definition) is 5. The molecule has 0 bridgehead atoms. The Hall–Kier alpha value is -3.05. The molecule has 7 nitrogen and oxygen atoms in total. The fourth-order valence-electron chi connectivity index (χ4n) is 2.89. The summed E-state index contributed by atoms with van der Waals surface area (Å²) >= 11 is 14.4. The summed E-state index contributed by atoms with van der Waals surface area (Å²) < 4.78 is 24.6. The van der Waals surface area contributed by atoms with Crippen molar-refractivity contribution in [2.45, 2.75) is 0 Å². The number of carbonyl (C=O) groups excluding carboxylic acids is 2. The standard InChI is InChI=1S/C24H20BrClFN3O4S/c1-33-9-10-34-21-8-5-15(25)12-18(21)23(32)30-24(35)29-16-4-2-3-14(11-16)22(31)28-17-6-7-20(27)19(26)13-17/h2-8,11-13H,9-10H2,1H3,(H,28,31)(H2,29,30,32,35). The van der Waals surface area contributed by atoms with Gasteiger partial charge < -0.3 is 20.1 Å². The fraction of sp³-hybridized carbons (Fsp3) is 0.125. The number of carbonyl (C=O) groups is 2. The Morgan fingerprint density at radius 3 is 2.51 bits per heavy atom. The van der Waals surface area contributed by atoms with Gasteiger partial charge >= 0.3 is 0 Å². The monoisotopic (exact) mass is 579 g/mol. The Morgan fingerprint density at radius 1 is 1.00 bits per heavy atom. The van der Waals surface area contributed by atoms with E-state index in [0.717, 1.165) is 6.07 Å². The number of rotatable bonds is 8. The van der Waals surface area contributed by atoms with Gasteiger partial charge in [-0.25, -0.2) is 4.39 Å². The van der Waals surface area contributed by atoms with E-state index in [9.17, 15) is 14.0 Å². The Kier molecular flexibility index (Phi) is 9.55. The van der Waals surface area contributed by atoms with Crippen LogP contribution in [0.4, 0.5) is 15.8 Å². The van der Waals surface area contributed by atoms with E-state index < -0.39 is 17.6 Å². The van der Waals surface area contributed by atoms with Crippen molar-refractivity contribution in [1.82, 2.24) is 5.32 Å². The largest absolute Gasteiger partial charge is 0.490 e. The molecule has 0 aliphatic carbocycles. The maximum absolute atomic E-state index is 13.3. The van der Waals surface area contributed by atoms with E-state index in [1.165, 1.54) is 12.1 Å². The van der Waals surface area contributed by atoms with E-state index in [1.807, 2.05) is 0 Å². The predicted molar refractivity (Wildman–Crippen MR) is 141 cm³/mol. The van der Waals surface area contributed by atoms with Gasteiger partial charge in [0.05, 0.1) is 17.2 Å². The number of nitrogens with one attached hydrogen (secondary N) is 3. The molecule has 0 radical (unpaired) electrons. The lowest BCUT2D eigenvalue weighted by atomic mass is 10.1. The second-order valence-corrected chi connectivity index (χ2v) is 8.78. The van der Waals surface area contributed by atoms with Crippen molar-refractivity contribution in [2.24, 2.45) is 0 Å². The van der Waals surface area contributed by atoms with E-state index in [0.29, 0.717) is 33.8 Å². The Bertz CT molecular complexity index is 1260. The summed E-state index contributed by atoms with van der Waals surface area (Å²) in [4.78, 5) is 25.4. The summed E-state index contributed by atoms with van der Waals surface area (Å²) in [6.45, 7) is 0.648. The van der Waals surface area contributed by atoms with Crippen LogP contribution in [0.1, 0.15) is 20.7 Å². The lowest BCUT2D eigenvalue weighted by Crippen LogP contribution is -2.34. The third-order valence-corrected chi connectivity index (χ3v) is 5.51. The molecule has 0 aromatic heterocycles. The lowest BCUT2D eigenvalue weighted by molar-refractivity contribution is 0.0968. The maximum Gasteiger partial charge on any atom is 0.261 e. The van der Waals surface area contributed by atoms with Crippen LogP contribution in [0.3, 0.4) is 0 Å². The number of halogens is 3. The van der Waals surface area contributed by atoms with Crippen molar-refractivity contribution in [3.63, 3.8) is 0 Å². The second kappa shape index (κ2) is 12.6. The van der Waals surface area contributed by atoms with Crippen molar-refractivity contribution in [3.05, 3.63) is 87.1 Å². The molecule has 3 rings (SSSR count). The molecular formula is C24H20BrClFN3O4S. The average molecular weight is 581 g/mol. The summed E-state index contributed by atoms with van der Waals surface area (Å²) in [6, 6.07) is 15.4. The van der Waals surface area contributed by atoms with E-state index >= 15 is 0 Å². The Labute approximate surface area is 220 Å². The minimum absolute atomic E-state index is 0.0284. The molecule has 0 atom stereocenters. The topological polar surface area (TPSA) is 88.7 Å². The highest BCUT2D eigenvalue weighted by Gasteiger charge is 2.16. The average Bonchev–Trinajstić information content (AvgIpc) is 2.82. The van der Waals surface area contributed by atoms with Crippen molar-refractivity contribution in [2.75, 3.05) is 31.0 Å². The first kappa shape index (κ1) is 26.6. The molecule has 0 aliphatic heterocycles. The zero-order chi connectivity index (χ0) is 25.4. The molecule has 3 N–H and O–H groups in total. The molecule has 11 heteroatoms. The Morgan fingerprint density at radius 2 is 1.77 bits per heavy atom. The van der Waals surface area contributed by atoms with E-state index in [1.54, 1.807) is 49.6 Å². The first-order valence-corrected chi connectivity index (χ1v) is 11.7. The summed E-state index contributed by atoms with van der Waals surface area (Å²) in [5.74, 6) is -1.11. The molecule has 2 amide bonds. The number of benzene rings is 3. The molecule has 0 spiro atoms. The molecule has 3 aromatic rings. The molecule has 35 heavy (non-hydrogen) atoms. The van der Waals surface area contributed by atoms with Crippen LogP contribution in [0.25, 0.3) is 0 Å². The SMILES string of the molecule is COCCOc1ccc(Br)cc1C(=O)NC(=S)Nc1cccc(C(=O)Nc2ccc(F)c(Cl)c2)c1. The van der Waals surface area contributed by atoms with Gasteiger partial charge in [0.2, 0.25) is 0 Å². The minimum atomic E-state index is -0.581. The summed E-state index contributed by atoms with van der Waals surface area (Å²) in [7, 11) is 1.56. The fourth-order valence-corrected chi connectivity index (χ4v) is 3.64. The van der Waals surface area contributed by atoms with Crippen LogP contribution in [-0.4, -0.2) is 37.3 Å². The normalized spacial score (nSPS) is 10.4. The van der Waals surface area contributed by atoms with Crippen LogP contribution in [0.5, 0.6) is 5.75 Å². The molecule has 182 valence electrons. The van der Waals surface area contributed by atoms with Crippen LogP contribution in [0.2, 0.25) is 5.02 Å². The van der Waals surface area contributed by atoms with E-state index in [2.05, 4.69) is 31.9 Å². The summed E-state index contributed by atoms with van der Waals surface area (Å²) in [5, 5.41) is 8.06. The number of thiocarbonyl (C=S) groups is 1. The molecule has 0 saturated heterocycles. The van der Waals surface area contributed by atoms with Crippen molar-refractivity contribution in [3.8, 4) is 5.75 Å². The predicted octanol–water partition coefficient (Wildman–Crippen LogP) is 5.65. The van der Waals surface area contributed by atoms with Crippen LogP contribution in [0, 0.1) is 5.82 Å². The van der Waals surface area contributed by atoms with Gasteiger partial charge in [-0.3, -0.25) is 14.9 Å². The summed E-state index contributed by atoms with van der Waals surface area (Å²) in [5.41, 5.74) is 1.42. The molecule has 0 aliphatic rings. The minimum Gasteiger partial charge on any atom is -0.490 e. The quantitative estimate of drug-likeness (QED) is 0.236. The summed E-state index contributed by atoms with van der Waals surface area (Å²) in [6.07, 6.45) is 0. The van der Waals surface area contributed by atoms with Crippen LogP contribution in [-0.2, 0) is 4.74 Å².